The number of hydrogen-bond acceptors (Lipinski definition) is 6. The Labute approximate surface area is 137 Å². The number of carbonyl (C=O) groups excluding carboxylic acids is 1. The van der Waals surface area contributed by atoms with Gasteiger partial charge < -0.3 is 14.8 Å². The molecule has 0 aromatic carbocycles. The number of nitrogens with one attached hydrogen (secondary N) is 2. The number of aromatic nitrogens is 2. The second-order valence-electron chi connectivity index (χ2n) is 5.53. The van der Waals surface area contributed by atoms with Crippen molar-refractivity contribution >= 4 is 22.8 Å². The van der Waals surface area contributed by atoms with Crippen LogP contribution in [0.2, 0.25) is 0 Å². The monoisotopic (exact) mass is 334 g/mol. The molecule has 128 valence electrons. The maximum Gasteiger partial charge on any atom is 0.270 e. The van der Waals surface area contributed by atoms with E-state index in [2.05, 4.69) is 10.3 Å². The highest BCUT2D eigenvalue weighted by atomic mass is 19.1. The van der Waals surface area contributed by atoms with Crippen LogP contribution in [0, 0.1) is 5.82 Å². The molecule has 0 saturated carbocycles. The zero-order valence-corrected chi connectivity index (χ0v) is 13.3. The van der Waals surface area contributed by atoms with Crippen molar-refractivity contribution in [3.05, 3.63) is 33.9 Å². The zero-order chi connectivity index (χ0) is 17.3. The summed E-state index contributed by atoms with van der Waals surface area (Å²) in [6.07, 6.45) is 1.40. The topological polar surface area (TPSA) is 105 Å². The first-order chi connectivity index (χ1) is 11.6. The summed E-state index contributed by atoms with van der Waals surface area (Å²) in [6.45, 7) is 5.09. The Balaban J connectivity index is 2.22. The molecule has 0 atom stereocenters. The standard InChI is InChI=1S/C15H19FN6O2/c1-2-21-8-10(15(24)20-17)12(23)9-7-11(16)14(19-13(9)21)22-5-3-18-4-6-22/h7-8,18H,2-6,17H2,1H3,(H,20,24). The molecule has 9 heteroatoms. The minimum Gasteiger partial charge on any atom is -0.352 e. The molecule has 1 amide bonds. The van der Waals surface area contributed by atoms with Crippen LogP contribution in [0.25, 0.3) is 11.0 Å². The van der Waals surface area contributed by atoms with Crippen molar-refractivity contribution in [2.45, 2.75) is 13.5 Å². The highest BCUT2D eigenvalue weighted by Gasteiger charge is 2.21. The van der Waals surface area contributed by atoms with Crippen LogP contribution in [0.1, 0.15) is 17.3 Å². The molecule has 8 nitrogen and oxygen atoms in total. The number of hydrazine groups is 1. The number of halogens is 1. The maximum absolute atomic E-state index is 14.5. The van der Waals surface area contributed by atoms with E-state index in [1.54, 1.807) is 4.57 Å². The summed E-state index contributed by atoms with van der Waals surface area (Å²) in [4.78, 5) is 30.5. The lowest BCUT2D eigenvalue weighted by Crippen LogP contribution is -2.44. The normalized spacial score (nSPS) is 14.9. The molecule has 0 spiro atoms. The van der Waals surface area contributed by atoms with Crippen molar-refractivity contribution < 1.29 is 9.18 Å². The first-order valence-electron chi connectivity index (χ1n) is 7.77. The predicted molar refractivity (Wildman–Crippen MR) is 88.4 cm³/mol. The number of piperazine rings is 1. The number of carbonyl (C=O) groups is 1. The maximum atomic E-state index is 14.5. The van der Waals surface area contributed by atoms with Gasteiger partial charge >= 0.3 is 0 Å². The zero-order valence-electron chi connectivity index (χ0n) is 13.3. The lowest BCUT2D eigenvalue weighted by atomic mass is 10.1. The van der Waals surface area contributed by atoms with Crippen LogP contribution in [0.4, 0.5) is 10.2 Å². The van der Waals surface area contributed by atoms with Crippen molar-refractivity contribution in [2.75, 3.05) is 31.1 Å². The van der Waals surface area contributed by atoms with E-state index in [0.717, 1.165) is 19.2 Å². The molecule has 0 aliphatic carbocycles. The Kier molecular flexibility index (Phi) is 4.45. The smallest absolute Gasteiger partial charge is 0.270 e. The third-order valence-corrected chi connectivity index (χ3v) is 4.12. The Morgan fingerprint density at radius 3 is 2.79 bits per heavy atom. The highest BCUT2D eigenvalue weighted by molar-refractivity contribution is 5.96. The van der Waals surface area contributed by atoms with Crippen molar-refractivity contribution in [1.29, 1.82) is 0 Å². The summed E-state index contributed by atoms with van der Waals surface area (Å²) in [5.41, 5.74) is 1.56. The Hall–Kier alpha value is -2.52. The molecule has 2 aromatic heterocycles. The molecule has 1 fully saturated rings. The molecular formula is C15H19FN6O2. The van der Waals surface area contributed by atoms with Crippen molar-refractivity contribution in [1.82, 2.24) is 20.3 Å². The van der Waals surface area contributed by atoms with E-state index in [-0.39, 0.29) is 16.8 Å². The average molecular weight is 334 g/mol. The van der Waals surface area contributed by atoms with Gasteiger partial charge in [-0.1, -0.05) is 0 Å². The molecule has 1 aliphatic rings. The van der Waals surface area contributed by atoms with Gasteiger partial charge in [0.15, 0.2) is 11.6 Å². The quantitative estimate of drug-likeness (QED) is 0.400. The van der Waals surface area contributed by atoms with Gasteiger partial charge in [0, 0.05) is 38.9 Å². The average Bonchev–Trinajstić information content (AvgIpc) is 2.62. The van der Waals surface area contributed by atoms with Gasteiger partial charge in [-0.2, -0.15) is 0 Å². The Bertz CT molecular complexity index is 844. The minimum absolute atomic E-state index is 0.0642. The third kappa shape index (κ3) is 2.72. The summed E-state index contributed by atoms with van der Waals surface area (Å²) in [5, 5.41) is 3.26. The number of rotatable bonds is 3. The molecular weight excluding hydrogens is 315 g/mol. The molecule has 1 saturated heterocycles. The molecule has 3 heterocycles. The van der Waals surface area contributed by atoms with Crippen LogP contribution < -0.4 is 26.9 Å². The van der Waals surface area contributed by atoms with Crippen LogP contribution in [0.15, 0.2) is 17.1 Å². The lowest BCUT2D eigenvalue weighted by molar-refractivity contribution is 0.0952. The molecule has 0 unspecified atom stereocenters. The molecule has 24 heavy (non-hydrogen) atoms. The van der Waals surface area contributed by atoms with E-state index in [9.17, 15) is 14.0 Å². The fraction of sp³-hybridized carbons (Fsp3) is 0.400. The van der Waals surface area contributed by atoms with Crippen LogP contribution in [-0.2, 0) is 6.54 Å². The van der Waals surface area contributed by atoms with E-state index in [1.165, 1.54) is 6.20 Å². The van der Waals surface area contributed by atoms with E-state index < -0.39 is 17.2 Å². The van der Waals surface area contributed by atoms with E-state index in [0.29, 0.717) is 25.3 Å². The number of hydrogen-bond donors (Lipinski definition) is 3. The lowest BCUT2D eigenvalue weighted by Gasteiger charge is -2.29. The van der Waals surface area contributed by atoms with Crippen LogP contribution in [0.5, 0.6) is 0 Å². The summed E-state index contributed by atoms with van der Waals surface area (Å²) in [5.74, 6) is 4.05. The van der Waals surface area contributed by atoms with Gasteiger partial charge in [-0.15, -0.1) is 0 Å². The van der Waals surface area contributed by atoms with E-state index >= 15 is 0 Å². The second kappa shape index (κ2) is 6.54. The number of fused-ring (bicyclic) bond motifs is 1. The van der Waals surface area contributed by atoms with E-state index in [4.69, 9.17) is 5.84 Å². The largest absolute Gasteiger partial charge is 0.352 e. The number of anilines is 1. The fourth-order valence-electron chi connectivity index (χ4n) is 2.86. The van der Waals surface area contributed by atoms with E-state index in [1.807, 2.05) is 17.2 Å². The van der Waals surface area contributed by atoms with Gasteiger partial charge in [0.05, 0.1) is 5.39 Å². The second-order valence-corrected chi connectivity index (χ2v) is 5.53. The van der Waals surface area contributed by atoms with Crippen LogP contribution in [-0.4, -0.2) is 41.6 Å². The van der Waals surface area contributed by atoms with Gasteiger partial charge in [0.25, 0.3) is 5.91 Å². The summed E-state index contributed by atoms with van der Waals surface area (Å²) in [6, 6.07) is 1.15. The molecule has 0 bridgehead atoms. The molecule has 1 aliphatic heterocycles. The summed E-state index contributed by atoms with van der Waals surface area (Å²) >= 11 is 0. The fourth-order valence-corrected chi connectivity index (χ4v) is 2.86. The summed E-state index contributed by atoms with van der Waals surface area (Å²) in [7, 11) is 0. The van der Waals surface area contributed by atoms with Gasteiger partial charge in [-0.3, -0.25) is 15.0 Å². The number of nitrogens with zero attached hydrogens (tertiary/aromatic N) is 3. The number of nitrogen functional groups attached to an aromatic ring is 1. The predicted octanol–water partition coefficient (Wildman–Crippen LogP) is -0.431. The van der Waals surface area contributed by atoms with Crippen molar-refractivity contribution in [3.63, 3.8) is 0 Å². The first kappa shape index (κ1) is 16.3. The third-order valence-electron chi connectivity index (χ3n) is 4.12. The number of nitrogens with two attached hydrogens (primary N) is 1. The highest BCUT2D eigenvalue weighted by Crippen LogP contribution is 2.21. The van der Waals surface area contributed by atoms with Crippen LogP contribution in [0.3, 0.4) is 0 Å². The van der Waals surface area contributed by atoms with Gasteiger partial charge in [-0.25, -0.2) is 15.2 Å². The Morgan fingerprint density at radius 1 is 1.46 bits per heavy atom. The molecule has 0 radical (unpaired) electrons. The summed E-state index contributed by atoms with van der Waals surface area (Å²) < 4.78 is 16.2. The van der Waals surface area contributed by atoms with Crippen molar-refractivity contribution in [2.24, 2.45) is 5.84 Å². The van der Waals surface area contributed by atoms with Crippen molar-refractivity contribution in [3.8, 4) is 0 Å². The SMILES string of the molecule is CCn1cc(C(=O)NN)c(=O)c2cc(F)c(N3CCNCC3)nc21. The number of aryl methyl sites for hydroxylation is 1. The van der Waals surface area contributed by atoms with Gasteiger partial charge in [-0.05, 0) is 13.0 Å². The first-order valence-corrected chi connectivity index (χ1v) is 7.77. The number of pyridine rings is 2. The van der Waals surface area contributed by atoms with Crippen LogP contribution >= 0.6 is 0 Å². The molecule has 4 N–H and O–H groups in total. The van der Waals surface area contributed by atoms with Gasteiger partial charge in [0.2, 0.25) is 5.43 Å². The van der Waals surface area contributed by atoms with Gasteiger partial charge in [0.1, 0.15) is 11.2 Å². The molecule has 3 rings (SSSR count). The molecule has 2 aromatic rings. The number of amides is 1. The Morgan fingerprint density at radius 2 is 2.17 bits per heavy atom. The minimum atomic E-state index is -0.712.